The molecule has 114 valence electrons. The lowest BCUT2D eigenvalue weighted by Crippen LogP contribution is -2.13. The van der Waals surface area contributed by atoms with Gasteiger partial charge in [-0.05, 0) is 42.9 Å². The van der Waals surface area contributed by atoms with E-state index in [1.807, 2.05) is 24.3 Å². The van der Waals surface area contributed by atoms with Crippen molar-refractivity contribution in [2.45, 2.75) is 52.1 Å². The van der Waals surface area contributed by atoms with Crippen LogP contribution in [0.15, 0.2) is 24.3 Å². The Bertz CT molecular complexity index is 362. The number of ether oxygens (including phenoxy) is 1. The second-order valence-corrected chi connectivity index (χ2v) is 5.72. The molecule has 0 saturated heterocycles. The van der Waals surface area contributed by atoms with Gasteiger partial charge in [-0.2, -0.15) is 0 Å². The van der Waals surface area contributed by atoms with Crippen molar-refractivity contribution in [3.63, 3.8) is 0 Å². The van der Waals surface area contributed by atoms with Crippen LogP contribution in [0.1, 0.15) is 45.1 Å². The molecule has 0 aliphatic heterocycles. The lowest BCUT2D eigenvalue weighted by atomic mass is 9.99. The topological polar surface area (TPSA) is 29.5 Å². The van der Waals surface area contributed by atoms with Crippen LogP contribution in [0.25, 0.3) is 0 Å². The third-order valence-electron chi connectivity index (χ3n) is 3.43. The summed E-state index contributed by atoms with van der Waals surface area (Å²) in [6.07, 6.45) is 4.94. The number of benzene rings is 1. The molecular weight excluding hydrogens is 272 g/mol. The maximum Gasteiger partial charge on any atom is 0.119 e. The molecule has 0 saturated carbocycles. The van der Waals surface area contributed by atoms with E-state index in [1.54, 1.807) is 0 Å². The lowest BCUT2D eigenvalue weighted by molar-refractivity contribution is 0.198. The van der Waals surface area contributed by atoms with Crippen molar-refractivity contribution in [3.05, 3.63) is 29.8 Å². The fraction of sp³-hybridized carbons (Fsp3) is 0.647. The molecule has 0 aromatic heterocycles. The zero-order valence-electron chi connectivity index (χ0n) is 12.6. The Kier molecular flexibility index (Phi) is 8.72. The summed E-state index contributed by atoms with van der Waals surface area (Å²) in [5.74, 6) is 1.80. The highest BCUT2D eigenvalue weighted by molar-refractivity contribution is 6.18. The number of aliphatic hydroxyl groups excluding tert-OH is 1. The van der Waals surface area contributed by atoms with E-state index >= 15 is 0 Å². The van der Waals surface area contributed by atoms with Gasteiger partial charge in [-0.1, -0.05) is 38.8 Å². The zero-order chi connectivity index (χ0) is 14.8. The molecule has 1 rings (SSSR count). The number of halogens is 1. The molecule has 0 amide bonds. The molecule has 3 heteroatoms. The molecule has 1 aromatic carbocycles. The monoisotopic (exact) mass is 298 g/mol. The number of alkyl halides is 1. The molecule has 1 atom stereocenters. The van der Waals surface area contributed by atoms with E-state index in [0.29, 0.717) is 12.3 Å². The second kappa shape index (κ2) is 10.1. The third kappa shape index (κ3) is 6.62. The first kappa shape index (κ1) is 17.3. The van der Waals surface area contributed by atoms with E-state index < -0.39 is 6.10 Å². The van der Waals surface area contributed by atoms with Crippen LogP contribution in [0.5, 0.6) is 5.75 Å². The average Bonchev–Trinajstić information content (AvgIpc) is 2.45. The molecule has 2 nitrogen and oxygen atoms in total. The van der Waals surface area contributed by atoms with Crippen LogP contribution < -0.4 is 4.74 Å². The summed E-state index contributed by atoms with van der Waals surface area (Å²) in [6.45, 7) is 5.22. The van der Waals surface area contributed by atoms with E-state index in [4.69, 9.17) is 16.3 Å². The van der Waals surface area contributed by atoms with Gasteiger partial charge in [-0.3, -0.25) is 0 Å². The average molecular weight is 299 g/mol. The smallest absolute Gasteiger partial charge is 0.119 e. The minimum absolute atomic E-state index is 0.264. The first-order chi connectivity index (χ1) is 9.69. The van der Waals surface area contributed by atoms with Crippen LogP contribution in [0.3, 0.4) is 0 Å². The van der Waals surface area contributed by atoms with Crippen LogP contribution in [0.4, 0.5) is 0 Å². The van der Waals surface area contributed by atoms with Crippen molar-refractivity contribution in [3.8, 4) is 5.75 Å². The summed E-state index contributed by atoms with van der Waals surface area (Å²) in [6, 6.07) is 7.95. The van der Waals surface area contributed by atoms with Gasteiger partial charge in [-0.25, -0.2) is 0 Å². The van der Waals surface area contributed by atoms with Crippen LogP contribution >= 0.6 is 11.6 Å². The Balaban J connectivity index is 2.52. The predicted octanol–water partition coefficient (Wildman–Crippen LogP) is 4.42. The highest BCUT2D eigenvalue weighted by Gasteiger charge is 2.09. The van der Waals surface area contributed by atoms with Gasteiger partial charge in [0.1, 0.15) is 5.75 Å². The normalized spacial score (nSPS) is 12.7. The summed E-state index contributed by atoms with van der Waals surface area (Å²) in [4.78, 5) is 0. The van der Waals surface area contributed by atoms with Gasteiger partial charge >= 0.3 is 0 Å². The Labute approximate surface area is 128 Å². The first-order valence-corrected chi connectivity index (χ1v) is 8.18. The molecule has 0 aliphatic rings. The fourth-order valence-corrected chi connectivity index (χ4v) is 2.54. The quantitative estimate of drug-likeness (QED) is 0.648. The molecule has 1 N–H and O–H groups in total. The molecular formula is C17H27ClO2. The molecule has 0 radical (unpaired) electrons. The predicted molar refractivity (Wildman–Crippen MR) is 85.7 cm³/mol. The van der Waals surface area contributed by atoms with Crippen LogP contribution in [0, 0.1) is 5.92 Å². The van der Waals surface area contributed by atoms with Gasteiger partial charge in [-0.15, -0.1) is 11.6 Å². The molecule has 20 heavy (non-hydrogen) atoms. The van der Waals surface area contributed by atoms with Gasteiger partial charge in [0.25, 0.3) is 0 Å². The maximum absolute atomic E-state index is 9.59. The standard InChI is InChI=1S/C17H27ClO2/c1-3-6-14(7-4-2)13-20-17-9-5-8-15(11-17)10-16(19)12-18/h5,8-9,11,14,16,19H,3-4,6-7,10,12-13H2,1-2H3/t16-/m0/s1. The molecule has 0 fully saturated rings. The molecule has 0 aliphatic carbocycles. The Hall–Kier alpha value is -0.730. The molecule has 0 bridgehead atoms. The van der Waals surface area contributed by atoms with Crippen LogP contribution in [-0.4, -0.2) is 23.7 Å². The Morgan fingerprint density at radius 1 is 1.20 bits per heavy atom. The van der Waals surface area contributed by atoms with Crippen molar-refractivity contribution in [2.75, 3.05) is 12.5 Å². The summed E-state index contributed by atoms with van der Waals surface area (Å²) in [7, 11) is 0. The molecule has 0 heterocycles. The van der Waals surface area contributed by atoms with Gasteiger partial charge in [0.15, 0.2) is 0 Å². The van der Waals surface area contributed by atoms with E-state index in [9.17, 15) is 5.11 Å². The van der Waals surface area contributed by atoms with E-state index in [-0.39, 0.29) is 5.88 Å². The molecule has 0 unspecified atom stereocenters. The zero-order valence-corrected chi connectivity index (χ0v) is 13.4. The lowest BCUT2D eigenvalue weighted by Gasteiger charge is -2.17. The van der Waals surface area contributed by atoms with E-state index in [0.717, 1.165) is 17.9 Å². The minimum atomic E-state index is -0.486. The highest BCUT2D eigenvalue weighted by atomic mass is 35.5. The van der Waals surface area contributed by atoms with Crippen molar-refractivity contribution in [1.29, 1.82) is 0 Å². The summed E-state index contributed by atoms with van der Waals surface area (Å²) >= 11 is 5.63. The molecule has 1 aromatic rings. The number of hydrogen-bond acceptors (Lipinski definition) is 2. The van der Waals surface area contributed by atoms with E-state index in [1.165, 1.54) is 25.7 Å². The second-order valence-electron chi connectivity index (χ2n) is 5.41. The maximum atomic E-state index is 9.59. The van der Waals surface area contributed by atoms with E-state index in [2.05, 4.69) is 13.8 Å². The Morgan fingerprint density at radius 2 is 1.90 bits per heavy atom. The summed E-state index contributed by atoms with van der Waals surface area (Å²) in [5.41, 5.74) is 1.07. The highest BCUT2D eigenvalue weighted by Crippen LogP contribution is 2.19. The Morgan fingerprint density at radius 3 is 2.50 bits per heavy atom. The van der Waals surface area contributed by atoms with Crippen molar-refractivity contribution in [1.82, 2.24) is 0 Å². The summed E-state index contributed by atoms with van der Waals surface area (Å²) < 4.78 is 5.91. The number of rotatable bonds is 10. The van der Waals surface area contributed by atoms with Gasteiger partial charge in [0.05, 0.1) is 12.7 Å². The van der Waals surface area contributed by atoms with Gasteiger partial charge < -0.3 is 9.84 Å². The third-order valence-corrected chi connectivity index (χ3v) is 3.78. The van der Waals surface area contributed by atoms with Crippen molar-refractivity contribution < 1.29 is 9.84 Å². The first-order valence-electron chi connectivity index (χ1n) is 7.65. The largest absolute Gasteiger partial charge is 0.493 e. The minimum Gasteiger partial charge on any atom is -0.493 e. The van der Waals surface area contributed by atoms with Crippen molar-refractivity contribution in [2.24, 2.45) is 5.92 Å². The molecule has 0 spiro atoms. The fourth-order valence-electron chi connectivity index (χ4n) is 2.43. The van der Waals surface area contributed by atoms with Gasteiger partial charge in [0, 0.05) is 5.88 Å². The van der Waals surface area contributed by atoms with Crippen LogP contribution in [-0.2, 0) is 6.42 Å². The van der Waals surface area contributed by atoms with Gasteiger partial charge in [0.2, 0.25) is 0 Å². The number of aliphatic hydroxyl groups is 1. The van der Waals surface area contributed by atoms with Crippen molar-refractivity contribution >= 4 is 11.6 Å². The van der Waals surface area contributed by atoms with Crippen LogP contribution in [0.2, 0.25) is 0 Å². The summed E-state index contributed by atoms with van der Waals surface area (Å²) in [5, 5.41) is 9.59. The number of hydrogen-bond donors (Lipinski definition) is 1. The SMILES string of the molecule is CCCC(CCC)COc1cccc(C[C@H](O)CCl)c1.